The largest absolute Gasteiger partial charge is 0.466 e. The van der Waals surface area contributed by atoms with E-state index in [1.54, 1.807) is 0 Å². The number of nitrogens with one attached hydrogen (secondary N) is 1. The van der Waals surface area contributed by atoms with Gasteiger partial charge in [-0.2, -0.15) is 0 Å². The fourth-order valence-electron chi connectivity index (χ4n) is 4.55. The Balaban J connectivity index is 1.47. The second-order valence-electron chi connectivity index (χ2n) is 9.01. The lowest BCUT2D eigenvalue weighted by molar-refractivity contribution is -0.149. The van der Waals surface area contributed by atoms with Gasteiger partial charge in [0.15, 0.2) is 0 Å². The summed E-state index contributed by atoms with van der Waals surface area (Å²) in [5.41, 5.74) is 3.24. The molecule has 0 saturated heterocycles. The van der Waals surface area contributed by atoms with Crippen molar-refractivity contribution in [3.8, 4) is 0 Å². The van der Waals surface area contributed by atoms with E-state index in [0.717, 1.165) is 31.6 Å². The highest BCUT2D eigenvalue weighted by molar-refractivity contribution is 5.72. The summed E-state index contributed by atoms with van der Waals surface area (Å²) < 4.78 is 5.16. The molecule has 0 aliphatic heterocycles. The van der Waals surface area contributed by atoms with Crippen LogP contribution in [0.25, 0.3) is 0 Å². The quantitative estimate of drug-likeness (QED) is 0.666. The van der Waals surface area contributed by atoms with Crippen LogP contribution in [0.2, 0.25) is 0 Å². The highest BCUT2D eigenvalue weighted by Crippen LogP contribution is 2.42. The summed E-state index contributed by atoms with van der Waals surface area (Å²) in [7, 11) is 0. The zero-order chi connectivity index (χ0) is 18.6. The van der Waals surface area contributed by atoms with E-state index in [1.165, 1.54) is 36.9 Å². The maximum absolute atomic E-state index is 11.8. The van der Waals surface area contributed by atoms with Gasteiger partial charge < -0.3 is 10.1 Å². The fraction of sp³-hybridized carbons (Fsp3) is 0.696. The highest BCUT2D eigenvalue weighted by Gasteiger charge is 2.28. The standard InChI is InChI=1S/C23H35NO2/c1-4-26-22(25)19-7-11-21(12-8-19)24-20-9-5-17(6-10-20)18-13-15-23(2,3)16-14-18/h5-6,9-10,18-19,21,24H,4,7-8,11-16H2,1-3H3. The minimum absolute atomic E-state index is 0.00837. The molecule has 2 saturated carbocycles. The van der Waals surface area contributed by atoms with E-state index in [9.17, 15) is 4.79 Å². The molecule has 3 heteroatoms. The van der Waals surface area contributed by atoms with E-state index in [4.69, 9.17) is 4.74 Å². The number of rotatable bonds is 5. The number of anilines is 1. The van der Waals surface area contributed by atoms with Gasteiger partial charge in [-0.25, -0.2) is 0 Å². The summed E-state index contributed by atoms with van der Waals surface area (Å²) in [5.74, 6) is 0.828. The van der Waals surface area contributed by atoms with Crippen molar-refractivity contribution in [1.29, 1.82) is 0 Å². The highest BCUT2D eigenvalue weighted by atomic mass is 16.5. The van der Waals surface area contributed by atoms with E-state index in [2.05, 4.69) is 43.4 Å². The molecule has 2 fully saturated rings. The Morgan fingerprint density at radius 2 is 1.65 bits per heavy atom. The van der Waals surface area contributed by atoms with E-state index < -0.39 is 0 Å². The van der Waals surface area contributed by atoms with E-state index >= 15 is 0 Å². The molecule has 3 nitrogen and oxygen atoms in total. The summed E-state index contributed by atoms with van der Waals surface area (Å²) in [6.45, 7) is 7.16. The monoisotopic (exact) mass is 357 g/mol. The van der Waals surface area contributed by atoms with Crippen molar-refractivity contribution < 1.29 is 9.53 Å². The SMILES string of the molecule is CCOC(=O)C1CCC(Nc2ccc(C3CCC(C)(C)CC3)cc2)CC1. The summed E-state index contributed by atoms with van der Waals surface area (Å²) in [4.78, 5) is 11.8. The number of carbonyl (C=O) groups is 1. The maximum atomic E-state index is 11.8. The Bertz CT molecular complexity index is 575. The third kappa shape index (κ3) is 5.02. The van der Waals surface area contributed by atoms with Crippen molar-refractivity contribution in [3.63, 3.8) is 0 Å². The van der Waals surface area contributed by atoms with Gasteiger partial charge in [-0.1, -0.05) is 26.0 Å². The molecular weight excluding hydrogens is 322 g/mol. The molecule has 1 aromatic carbocycles. The number of hydrogen-bond acceptors (Lipinski definition) is 3. The predicted molar refractivity (Wildman–Crippen MR) is 107 cm³/mol. The topological polar surface area (TPSA) is 38.3 Å². The molecule has 26 heavy (non-hydrogen) atoms. The minimum Gasteiger partial charge on any atom is -0.466 e. The summed E-state index contributed by atoms with van der Waals surface area (Å²) in [6.07, 6.45) is 9.27. The molecule has 2 aliphatic rings. The Labute approximate surface area is 158 Å². The van der Waals surface area contributed by atoms with Gasteiger partial charge in [0.1, 0.15) is 0 Å². The van der Waals surface area contributed by atoms with Crippen molar-refractivity contribution in [2.75, 3.05) is 11.9 Å². The fourth-order valence-corrected chi connectivity index (χ4v) is 4.55. The first-order valence-electron chi connectivity index (χ1n) is 10.5. The number of benzene rings is 1. The Morgan fingerprint density at radius 3 is 2.23 bits per heavy atom. The van der Waals surface area contributed by atoms with Gasteiger partial charge in [0.2, 0.25) is 0 Å². The van der Waals surface area contributed by atoms with Crippen molar-refractivity contribution in [2.45, 2.75) is 84.1 Å². The van der Waals surface area contributed by atoms with Crippen LogP contribution in [0.1, 0.15) is 83.6 Å². The summed E-state index contributed by atoms with van der Waals surface area (Å²) in [5, 5.41) is 3.66. The van der Waals surface area contributed by atoms with Crippen LogP contribution in [0, 0.1) is 11.3 Å². The summed E-state index contributed by atoms with van der Waals surface area (Å²) in [6, 6.07) is 9.59. The maximum Gasteiger partial charge on any atom is 0.308 e. The molecule has 0 unspecified atom stereocenters. The zero-order valence-electron chi connectivity index (χ0n) is 16.7. The van der Waals surface area contributed by atoms with Gasteiger partial charge in [0.05, 0.1) is 12.5 Å². The summed E-state index contributed by atoms with van der Waals surface area (Å²) >= 11 is 0. The number of carbonyl (C=O) groups excluding carboxylic acids is 1. The van der Waals surface area contributed by atoms with Crippen molar-refractivity contribution in [3.05, 3.63) is 29.8 Å². The molecule has 0 aromatic heterocycles. The molecule has 1 aromatic rings. The van der Waals surface area contributed by atoms with Crippen molar-refractivity contribution >= 4 is 11.7 Å². The van der Waals surface area contributed by atoms with Crippen LogP contribution < -0.4 is 5.32 Å². The molecular formula is C23H35NO2. The lowest BCUT2D eigenvalue weighted by Crippen LogP contribution is -2.30. The first kappa shape index (κ1) is 19.3. The molecule has 0 bridgehead atoms. The Hall–Kier alpha value is -1.51. The van der Waals surface area contributed by atoms with Crippen LogP contribution in [0.5, 0.6) is 0 Å². The third-order valence-corrected chi connectivity index (χ3v) is 6.44. The zero-order valence-corrected chi connectivity index (χ0v) is 16.7. The third-order valence-electron chi connectivity index (χ3n) is 6.44. The van der Waals surface area contributed by atoms with E-state index in [-0.39, 0.29) is 11.9 Å². The van der Waals surface area contributed by atoms with E-state index in [0.29, 0.717) is 18.1 Å². The van der Waals surface area contributed by atoms with Crippen LogP contribution in [0.4, 0.5) is 5.69 Å². The molecule has 1 N–H and O–H groups in total. The lowest BCUT2D eigenvalue weighted by Gasteiger charge is -2.34. The molecule has 0 amide bonds. The van der Waals surface area contributed by atoms with E-state index in [1.807, 2.05) is 6.92 Å². The second kappa shape index (κ2) is 8.45. The predicted octanol–water partition coefficient (Wildman–Crippen LogP) is 5.90. The van der Waals surface area contributed by atoms with Gasteiger partial charge >= 0.3 is 5.97 Å². The average Bonchev–Trinajstić information content (AvgIpc) is 2.63. The number of esters is 1. The van der Waals surface area contributed by atoms with Gasteiger partial charge in [-0.05, 0) is 87.3 Å². The van der Waals surface area contributed by atoms with Gasteiger partial charge in [0, 0.05) is 11.7 Å². The minimum atomic E-state index is -0.00837. The van der Waals surface area contributed by atoms with Crippen molar-refractivity contribution in [2.24, 2.45) is 11.3 Å². The lowest BCUT2D eigenvalue weighted by atomic mass is 9.71. The Kier molecular flexibility index (Phi) is 6.26. The molecule has 0 spiro atoms. The van der Waals surface area contributed by atoms with Gasteiger partial charge in [-0.3, -0.25) is 4.79 Å². The van der Waals surface area contributed by atoms with Crippen LogP contribution >= 0.6 is 0 Å². The van der Waals surface area contributed by atoms with Crippen molar-refractivity contribution in [1.82, 2.24) is 0 Å². The van der Waals surface area contributed by atoms with Gasteiger partial charge in [0.25, 0.3) is 0 Å². The molecule has 2 aliphatic carbocycles. The number of ether oxygens (including phenoxy) is 1. The van der Waals surface area contributed by atoms with Gasteiger partial charge in [-0.15, -0.1) is 0 Å². The number of hydrogen-bond donors (Lipinski definition) is 1. The molecule has 0 radical (unpaired) electrons. The smallest absolute Gasteiger partial charge is 0.308 e. The first-order valence-corrected chi connectivity index (χ1v) is 10.5. The Morgan fingerprint density at radius 1 is 1.04 bits per heavy atom. The molecule has 0 heterocycles. The normalized spacial score (nSPS) is 26.3. The molecule has 0 atom stereocenters. The first-order chi connectivity index (χ1) is 12.5. The molecule has 144 valence electrons. The van der Waals surface area contributed by atoms with Crippen LogP contribution in [-0.2, 0) is 9.53 Å². The van der Waals surface area contributed by atoms with Crippen LogP contribution in [0.15, 0.2) is 24.3 Å². The van der Waals surface area contributed by atoms with Crippen LogP contribution in [-0.4, -0.2) is 18.6 Å². The second-order valence-corrected chi connectivity index (χ2v) is 9.01. The molecule has 3 rings (SSSR count). The average molecular weight is 358 g/mol. The van der Waals surface area contributed by atoms with Crippen LogP contribution in [0.3, 0.4) is 0 Å².